The summed E-state index contributed by atoms with van der Waals surface area (Å²) in [6.45, 7) is 1.52. The van der Waals surface area contributed by atoms with E-state index < -0.39 is 10.0 Å². The first-order valence-electron chi connectivity index (χ1n) is 7.09. The maximum atomic E-state index is 12.7. The second kappa shape index (κ2) is 6.85. The van der Waals surface area contributed by atoms with Gasteiger partial charge in [0.25, 0.3) is 0 Å². The Balaban J connectivity index is 1.90. The van der Waals surface area contributed by atoms with Crippen LogP contribution in [0.15, 0.2) is 27.0 Å². The summed E-state index contributed by atoms with van der Waals surface area (Å²) >= 11 is 12.4. The molecule has 0 atom stereocenters. The van der Waals surface area contributed by atoms with Crippen molar-refractivity contribution in [3.05, 3.63) is 22.2 Å². The Labute approximate surface area is 149 Å². The fraction of sp³-hybridized carbons (Fsp3) is 0.385. The Morgan fingerprint density at radius 1 is 1.21 bits per heavy atom. The topological polar surface area (TPSA) is 109 Å². The van der Waals surface area contributed by atoms with Crippen LogP contribution in [-0.4, -0.2) is 57.4 Å². The molecule has 3 rings (SSSR count). The molecule has 0 amide bonds. The molecule has 0 unspecified atom stereocenters. The van der Waals surface area contributed by atoms with E-state index in [1.54, 1.807) is 0 Å². The number of guanidine groups is 1. The fourth-order valence-corrected chi connectivity index (χ4v) is 4.92. The number of nitrogens with two attached hydrogens (primary N) is 1. The van der Waals surface area contributed by atoms with Gasteiger partial charge in [-0.05, 0) is 12.1 Å². The zero-order valence-corrected chi connectivity index (χ0v) is 14.8. The molecule has 11 heteroatoms. The Kier molecular flexibility index (Phi) is 4.97. The van der Waals surface area contributed by atoms with E-state index >= 15 is 0 Å². The molecule has 2 aliphatic heterocycles. The molecular formula is C13H15Cl2N5O3S. The predicted molar refractivity (Wildman–Crippen MR) is 93.6 cm³/mol. The zero-order valence-electron chi connectivity index (χ0n) is 12.5. The van der Waals surface area contributed by atoms with Crippen molar-refractivity contribution in [2.24, 2.45) is 15.7 Å². The third-order valence-corrected chi connectivity index (χ3v) is 6.28. The summed E-state index contributed by atoms with van der Waals surface area (Å²) in [6, 6.07) is 2.93. The lowest BCUT2D eigenvalue weighted by atomic mass is 10.3. The second-order valence-electron chi connectivity index (χ2n) is 5.15. The quantitative estimate of drug-likeness (QED) is 0.802. The standard InChI is InChI=1S/C13H15Cl2N5O3S/c14-9-5-8(18-13-17-7-11(16)19-13)6-10(15)12(9)24(21,22)20-1-3-23-4-2-20/h5-6H,1-4,7H2,(H3,16,17,18,19). The van der Waals surface area contributed by atoms with Crippen molar-refractivity contribution in [2.45, 2.75) is 4.90 Å². The van der Waals surface area contributed by atoms with Crippen LogP contribution in [0.2, 0.25) is 10.0 Å². The van der Waals surface area contributed by atoms with Crippen LogP contribution >= 0.6 is 23.2 Å². The number of rotatable bonds is 3. The van der Waals surface area contributed by atoms with Gasteiger partial charge in [-0.25, -0.2) is 13.4 Å². The van der Waals surface area contributed by atoms with Gasteiger partial charge in [-0.15, -0.1) is 0 Å². The summed E-state index contributed by atoms with van der Waals surface area (Å²) in [7, 11) is -3.79. The minimum absolute atomic E-state index is 0.0204. The van der Waals surface area contributed by atoms with E-state index in [1.807, 2.05) is 0 Å². The van der Waals surface area contributed by atoms with E-state index in [9.17, 15) is 8.42 Å². The highest BCUT2D eigenvalue weighted by Crippen LogP contribution is 2.35. The molecule has 1 saturated heterocycles. The number of aliphatic imine (C=N–C) groups is 2. The molecule has 0 bridgehead atoms. The minimum atomic E-state index is -3.79. The number of benzene rings is 1. The lowest BCUT2D eigenvalue weighted by Gasteiger charge is -2.27. The molecule has 2 aliphatic rings. The summed E-state index contributed by atoms with van der Waals surface area (Å²) in [5, 5.41) is 2.94. The van der Waals surface area contributed by atoms with Gasteiger partial charge in [0.1, 0.15) is 17.3 Å². The van der Waals surface area contributed by atoms with E-state index in [4.69, 9.17) is 33.7 Å². The zero-order chi connectivity index (χ0) is 17.3. The van der Waals surface area contributed by atoms with Crippen molar-refractivity contribution < 1.29 is 13.2 Å². The van der Waals surface area contributed by atoms with Crippen molar-refractivity contribution in [3.8, 4) is 0 Å². The molecule has 1 fully saturated rings. The Hall–Kier alpha value is -1.39. The Morgan fingerprint density at radius 3 is 2.38 bits per heavy atom. The number of ether oxygens (including phenoxy) is 1. The first-order valence-corrected chi connectivity index (χ1v) is 9.29. The number of hydrogen-bond acceptors (Lipinski definition) is 7. The Bertz CT molecular complexity index is 796. The molecule has 0 radical (unpaired) electrons. The molecular weight excluding hydrogens is 377 g/mol. The molecule has 24 heavy (non-hydrogen) atoms. The summed E-state index contributed by atoms with van der Waals surface area (Å²) < 4.78 is 32.0. The molecule has 130 valence electrons. The van der Waals surface area contributed by atoms with Gasteiger partial charge in [-0.1, -0.05) is 23.2 Å². The maximum absolute atomic E-state index is 12.7. The predicted octanol–water partition coefficient (Wildman–Crippen LogP) is 1.15. The molecule has 0 saturated carbocycles. The van der Waals surface area contributed by atoms with Crippen molar-refractivity contribution in [1.82, 2.24) is 4.31 Å². The van der Waals surface area contributed by atoms with Crippen LogP contribution in [0.1, 0.15) is 0 Å². The first-order chi connectivity index (χ1) is 11.4. The van der Waals surface area contributed by atoms with Crippen LogP contribution in [0.25, 0.3) is 0 Å². The van der Waals surface area contributed by atoms with Crippen LogP contribution in [0.5, 0.6) is 0 Å². The minimum Gasteiger partial charge on any atom is -0.385 e. The van der Waals surface area contributed by atoms with Crippen LogP contribution < -0.4 is 11.1 Å². The van der Waals surface area contributed by atoms with Gasteiger partial charge in [0, 0.05) is 18.8 Å². The van der Waals surface area contributed by atoms with E-state index in [0.717, 1.165) is 0 Å². The molecule has 0 aromatic heterocycles. The van der Waals surface area contributed by atoms with Crippen molar-refractivity contribution in [3.63, 3.8) is 0 Å². The summed E-state index contributed by atoms with van der Waals surface area (Å²) in [5.41, 5.74) is 6.03. The van der Waals surface area contributed by atoms with Gasteiger partial charge in [-0.2, -0.15) is 9.30 Å². The normalized spacial score (nSPS) is 19.1. The van der Waals surface area contributed by atoms with Crippen molar-refractivity contribution in [1.29, 1.82) is 0 Å². The van der Waals surface area contributed by atoms with E-state index in [0.29, 0.717) is 37.2 Å². The fourth-order valence-electron chi connectivity index (χ4n) is 2.35. The summed E-state index contributed by atoms with van der Waals surface area (Å²) in [4.78, 5) is 7.94. The molecule has 0 spiro atoms. The summed E-state index contributed by atoms with van der Waals surface area (Å²) in [6.07, 6.45) is 0. The first kappa shape index (κ1) is 17.4. The van der Waals surface area contributed by atoms with Gasteiger partial charge in [0.05, 0.1) is 23.3 Å². The van der Waals surface area contributed by atoms with Crippen LogP contribution in [-0.2, 0) is 14.8 Å². The highest BCUT2D eigenvalue weighted by atomic mass is 35.5. The average Bonchev–Trinajstić information content (AvgIpc) is 2.92. The van der Waals surface area contributed by atoms with Gasteiger partial charge >= 0.3 is 0 Å². The largest absolute Gasteiger partial charge is 0.385 e. The number of hydrogen-bond donors (Lipinski definition) is 2. The summed E-state index contributed by atoms with van der Waals surface area (Å²) in [5.74, 6) is 0.713. The average molecular weight is 392 g/mol. The van der Waals surface area contributed by atoms with E-state index in [1.165, 1.54) is 16.4 Å². The number of amidine groups is 1. The monoisotopic (exact) mass is 391 g/mol. The highest BCUT2D eigenvalue weighted by molar-refractivity contribution is 7.89. The Morgan fingerprint density at radius 2 is 1.83 bits per heavy atom. The maximum Gasteiger partial charge on any atom is 0.246 e. The number of nitrogens with zero attached hydrogens (tertiary/aromatic N) is 3. The van der Waals surface area contributed by atoms with Gasteiger partial charge < -0.3 is 15.8 Å². The number of sulfonamides is 1. The molecule has 8 nitrogen and oxygen atoms in total. The number of anilines is 1. The third-order valence-electron chi connectivity index (χ3n) is 3.46. The molecule has 3 N–H and O–H groups in total. The van der Waals surface area contributed by atoms with Crippen LogP contribution in [0.4, 0.5) is 5.69 Å². The molecule has 2 heterocycles. The van der Waals surface area contributed by atoms with Crippen molar-refractivity contribution >= 4 is 50.7 Å². The molecule has 0 aliphatic carbocycles. The lowest BCUT2D eigenvalue weighted by Crippen LogP contribution is -2.40. The molecule has 1 aromatic carbocycles. The second-order valence-corrected chi connectivity index (χ2v) is 7.84. The van der Waals surface area contributed by atoms with Crippen LogP contribution in [0.3, 0.4) is 0 Å². The molecule has 1 aromatic rings. The third kappa shape index (κ3) is 3.50. The van der Waals surface area contributed by atoms with Gasteiger partial charge in [0.15, 0.2) is 0 Å². The SMILES string of the molecule is NC1=NC(Nc2cc(Cl)c(S(=O)(=O)N3CCOCC3)c(Cl)c2)=NC1. The van der Waals surface area contributed by atoms with E-state index in [-0.39, 0.29) is 28.0 Å². The van der Waals surface area contributed by atoms with Gasteiger partial charge in [-0.3, -0.25) is 0 Å². The smallest absolute Gasteiger partial charge is 0.246 e. The van der Waals surface area contributed by atoms with Crippen molar-refractivity contribution in [2.75, 3.05) is 38.2 Å². The number of morpholine rings is 1. The van der Waals surface area contributed by atoms with E-state index in [2.05, 4.69) is 15.3 Å². The lowest BCUT2D eigenvalue weighted by molar-refractivity contribution is 0.0730. The number of nitrogens with one attached hydrogen (secondary N) is 1. The van der Waals surface area contributed by atoms with Gasteiger partial charge in [0.2, 0.25) is 16.0 Å². The van der Waals surface area contributed by atoms with Crippen LogP contribution in [0, 0.1) is 0 Å². The number of halogens is 2. The highest BCUT2D eigenvalue weighted by Gasteiger charge is 2.31.